The topological polar surface area (TPSA) is 12.0 Å². The van der Waals surface area contributed by atoms with Gasteiger partial charge in [0.25, 0.3) is 0 Å². The van der Waals surface area contributed by atoms with E-state index in [1.54, 1.807) is 0 Å². The highest BCUT2D eigenvalue weighted by Gasteiger charge is 2.27. The number of alkyl halides is 3. The molecule has 0 spiro atoms. The van der Waals surface area contributed by atoms with Crippen LogP contribution in [-0.2, 0) is 0 Å². The van der Waals surface area contributed by atoms with Gasteiger partial charge in [0.1, 0.15) is 0 Å². The van der Waals surface area contributed by atoms with Crippen LogP contribution in [0, 0.1) is 0 Å². The first kappa shape index (κ1) is 14.4. The van der Waals surface area contributed by atoms with E-state index in [9.17, 15) is 13.2 Å². The van der Waals surface area contributed by atoms with Crippen molar-refractivity contribution in [1.82, 2.24) is 5.32 Å². The second-order valence-electron chi connectivity index (χ2n) is 5.33. The molecule has 0 heterocycles. The van der Waals surface area contributed by atoms with Crippen molar-refractivity contribution in [2.45, 2.75) is 50.7 Å². The maximum atomic E-state index is 12.1. The predicted molar refractivity (Wildman–Crippen MR) is 70.1 cm³/mol. The summed E-state index contributed by atoms with van der Waals surface area (Å²) in [7, 11) is 0. The lowest BCUT2D eigenvalue weighted by Gasteiger charge is -2.30. The van der Waals surface area contributed by atoms with Crippen LogP contribution in [0.25, 0.3) is 0 Å². The molecule has 0 saturated heterocycles. The number of rotatable bonds is 4. The molecule has 19 heavy (non-hydrogen) atoms. The Balaban J connectivity index is 1.90. The molecular formula is C15H20F3N. The van der Waals surface area contributed by atoms with Crippen LogP contribution >= 0.6 is 0 Å². The molecule has 2 unspecified atom stereocenters. The highest BCUT2D eigenvalue weighted by Crippen LogP contribution is 2.36. The van der Waals surface area contributed by atoms with E-state index in [4.69, 9.17) is 0 Å². The van der Waals surface area contributed by atoms with Crippen LogP contribution in [-0.4, -0.2) is 12.7 Å². The minimum absolute atomic E-state index is 0.151. The summed E-state index contributed by atoms with van der Waals surface area (Å²) >= 11 is 0. The van der Waals surface area contributed by atoms with Crippen molar-refractivity contribution in [1.29, 1.82) is 0 Å². The molecule has 0 aliphatic heterocycles. The quantitative estimate of drug-likeness (QED) is 0.792. The van der Waals surface area contributed by atoms with Gasteiger partial charge in [-0.05, 0) is 42.9 Å². The minimum Gasteiger partial charge on any atom is -0.310 e. The van der Waals surface area contributed by atoms with Gasteiger partial charge in [-0.25, -0.2) is 0 Å². The van der Waals surface area contributed by atoms with Gasteiger partial charge in [-0.1, -0.05) is 31.2 Å². The molecular weight excluding hydrogens is 251 g/mol. The molecule has 1 aromatic carbocycles. The summed E-state index contributed by atoms with van der Waals surface area (Å²) in [6.07, 6.45) is -2.50. The smallest absolute Gasteiger partial charge is 0.310 e. The van der Waals surface area contributed by atoms with Crippen molar-refractivity contribution in [2.24, 2.45) is 0 Å². The molecule has 4 heteroatoms. The standard InChI is InChI=1S/C15H20F3N/c1-11-7-8-14(13-6-3-2-5-12(11)13)19-10-4-9-15(16,17)18/h2-3,5-6,11,14,19H,4,7-10H2,1H3. The normalized spacial score (nSPS) is 23.2. The summed E-state index contributed by atoms with van der Waals surface area (Å²) in [4.78, 5) is 0. The summed E-state index contributed by atoms with van der Waals surface area (Å²) in [6, 6.07) is 8.46. The average Bonchev–Trinajstić information content (AvgIpc) is 2.36. The Morgan fingerprint density at radius 1 is 1.16 bits per heavy atom. The molecule has 1 nitrogen and oxygen atoms in total. The van der Waals surface area contributed by atoms with Crippen LogP contribution in [0.4, 0.5) is 13.2 Å². The maximum Gasteiger partial charge on any atom is 0.389 e. The van der Waals surface area contributed by atoms with E-state index in [0.29, 0.717) is 12.5 Å². The largest absolute Gasteiger partial charge is 0.389 e. The Morgan fingerprint density at radius 2 is 1.84 bits per heavy atom. The van der Waals surface area contributed by atoms with Crippen LogP contribution in [0.3, 0.4) is 0 Å². The van der Waals surface area contributed by atoms with E-state index >= 15 is 0 Å². The summed E-state index contributed by atoms with van der Waals surface area (Å²) < 4.78 is 36.3. The summed E-state index contributed by atoms with van der Waals surface area (Å²) in [5.41, 5.74) is 2.59. The molecule has 0 aromatic heterocycles. The number of nitrogens with one attached hydrogen (secondary N) is 1. The summed E-state index contributed by atoms with van der Waals surface area (Å²) in [6.45, 7) is 2.63. The lowest BCUT2D eigenvalue weighted by atomic mass is 9.81. The first-order valence-corrected chi connectivity index (χ1v) is 6.86. The van der Waals surface area contributed by atoms with Crippen LogP contribution < -0.4 is 5.32 Å². The number of hydrogen-bond acceptors (Lipinski definition) is 1. The molecule has 1 aliphatic carbocycles. The van der Waals surface area contributed by atoms with E-state index in [-0.39, 0.29) is 12.5 Å². The number of benzene rings is 1. The molecule has 0 amide bonds. The third-order valence-corrected chi connectivity index (χ3v) is 3.82. The van der Waals surface area contributed by atoms with Gasteiger partial charge in [0.05, 0.1) is 0 Å². The van der Waals surface area contributed by atoms with Gasteiger partial charge in [-0.2, -0.15) is 13.2 Å². The van der Waals surface area contributed by atoms with Crippen molar-refractivity contribution in [3.05, 3.63) is 35.4 Å². The number of hydrogen-bond donors (Lipinski definition) is 1. The molecule has 106 valence electrons. The third kappa shape index (κ3) is 3.96. The lowest BCUT2D eigenvalue weighted by molar-refractivity contribution is -0.135. The summed E-state index contributed by atoms with van der Waals surface area (Å²) in [5.74, 6) is 0.546. The van der Waals surface area contributed by atoms with E-state index in [1.807, 2.05) is 12.1 Å². The molecule has 1 aliphatic rings. The Hall–Kier alpha value is -1.03. The molecule has 1 aromatic rings. The predicted octanol–water partition coefficient (Wildman–Crippen LogP) is 4.56. The second-order valence-corrected chi connectivity index (χ2v) is 5.33. The lowest BCUT2D eigenvalue weighted by Crippen LogP contribution is -2.27. The SMILES string of the molecule is CC1CCC(NCCCC(F)(F)F)c2ccccc21. The van der Waals surface area contributed by atoms with Crippen molar-refractivity contribution >= 4 is 0 Å². The molecule has 0 radical (unpaired) electrons. The molecule has 2 rings (SSSR count). The number of fused-ring (bicyclic) bond motifs is 1. The van der Waals surface area contributed by atoms with Crippen LogP contribution in [0.5, 0.6) is 0 Å². The zero-order valence-electron chi connectivity index (χ0n) is 11.1. The fourth-order valence-corrected chi connectivity index (χ4v) is 2.78. The van der Waals surface area contributed by atoms with Crippen molar-refractivity contribution in [2.75, 3.05) is 6.54 Å². The monoisotopic (exact) mass is 271 g/mol. The second kappa shape index (κ2) is 5.95. The first-order valence-electron chi connectivity index (χ1n) is 6.86. The minimum atomic E-state index is -4.04. The summed E-state index contributed by atoms with van der Waals surface area (Å²) in [5, 5.41) is 3.27. The third-order valence-electron chi connectivity index (χ3n) is 3.82. The fourth-order valence-electron chi connectivity index (χ4n) is 2.78. The Bertz CT molecular complexity index is 414. The highest BCUT2D eigenvalue weighted by atomic mass is 19.4. The van der Waals surface area contributed by atoms with Crippen LogP contribution in [0.15, 0.2) is 24.3 Å². The van der Waals surface area contributed by atoms with Crippen molar-refractivity contribution in [3.63, 3.8) is 0 Å². The van der Waals surface area contributed by atoms with E-state index in [0.717, 1.165) is 12.8 Å². The van der Waals surface area contributed by atoms with E-state index in [1.165, 1.54) is 11.1 Å². The Morgan fingerprint density at radius 3 is 2.53 bits per heavy atom. The molecule has 0 fully saturated rings. The van der Waals surface area contributed by atoms with Gasteiger partial charge in [0.15, 0.2) is 0 Å². The molecule has 0 saturated carbocycles. The molecule has 2 atom stereocenters. The Labute approximate surface area is 112 Å². The van der Waals surface area contributed by atoms with Crippen molar-refractivity contribution < 1.29 is 13.2 Å². The van der Waals surface area contributed by atoms with Gasteiger partial charge < -0.3 is 5.32 Å². The van der Waals surface area contributed by atoms with Gasteiger partial charge >= 0.3 is 6.18 Å². The average molecular weight is 271 g/mol. The zero-order chi connectivity index (χ0) is 13.9. The van der Waals surface area contributed by atoms with Gasteiger partial charge in [-0.3, -0.25) is 0 Å². The van der Waals surface area contributed by atoms with Crippen LogP contribution in [0.1, 0.15) is 55.7 Å². The highest BCUT2D eigenvalue weighted by molar-refractivity contribution is 5.34. The van der Waals surface area contributed by atoms with Crippen molar-refractivity contribution in [3.8, 4) is 0 Å². The zero-order valence-corrected chi connectivity index (χ0v) is 11.1. The van der Waals surface area contributed by atoms with E-state index in [2.05, 4.69) is 24.4 Å². The fraction of sp³-hybridized carbons (Fsp3) is 0.600. The maximum absolute atomic E-state index is 12.1. The number of halogens is 3. The molecule has 1 N–H and O–H groups in total. The van der Waals surface area contributed by atoms with Crippen LogP contribution in [0.2, 0.25) is 0 Å². The van der Waals surface area contributed by atoms with Gasteiger partial charge in [0, 0.05) is 12.5 Å². The van der Waals surface area contributed by atoms with Gasteiger partial charge in [0.2, 0.25) is 0 Å². The molecule has 0 bridgehead atoms. The van der Waals surface area contributed by atoms with E-state index < -0.39 is 12.6 Å². The van der Waals surface area contributed by atoms with Gasteiger partial charge in [-0.15, -0.1) is 0 Å². The first-order chi connectivity index (χ1) is 8.97. The Kier molecular flexibility index (Phi) is 4.50.